The first-order valence-corrected chi connectivity index (χ1v) is 5.98. The fourth-order valence-corrected chi connectivity index (χ4v) is 1.87. The van der Waals surface area contributed by atoms with Gasteiger partial charge < -0.3 is 10.2 Å². The average Bonchev–Trinajstić information content (AvgIpc) is 2.01. The van der Waals surface area contributed by atoms with Crippen molar-refractivity contribution >= 4 is 11.8 Å². The molecule has 0 bridgehead atoms. The zero-order valence-corrected chi connectivity index (χ0v) is 9.73. The summed E-state index contributed by atoms with van der Waals surface area (Å²) in [5, 5.41) is 17.6. The van der Waals surface area contributed by atoms with E-state index in [9.17, 15) is 0 Å². The fourth-order valence-electron chi connectivity index (χ4n) is 0.977. The van der Waals surface area contributed by atoms with Crippen LogP contribution in [0, 0.1) is 5.41 Å². The van der Waals surface area contributed by atoms with Crippen LogP contribution in [-0.4, -0.2) is 34.4 Å². The molecule has 0 rings (SSSR count). The van der Waals surface area contributed by atoms with Crippen LogP contribution in [0.5, 0.6) is 0 Å². The van der Waals surface area contributed by atoms with E-state index in [0.717, 1.165) is 5.75 Å². The van der Waals surface area contributed by atoms with E-state index in [2.05, 4.69) is 20.8 Å². The summed E-state index contributed by atoms with van der Waals surface area (Å²) in [6, 6.07) is 0. The Hall–Kier alpha value is 0.270. The van der Waals surface area contributed by atoms with Crippen LogP contribution in [0.15, 0.2) is 0 Å². The Labute approximate surface area is 85.7 Å². The van der Waals surface area contributed by atoms with Crippen LogP contribution in [0.3, 0.4) is 0 Å². The Morgan fingerprint density at radius 1 is 1.31 bits per heavy atom. The minimum atomic E-state index is -0.542. The summed E-state index contributed by atoms with van der Waals surface area (Å²) in [5.41, 5.74) is 0.413. The number of hydrogen-bond acceptors (Lipinski definition) is 3. The second-order valence-electron chi connectivity index (χ2n) is 4.58. The van der Waals surface area contributed by atoms with Crippen molar-refractivity contribution in [2.45, 2.75) is 39.7 Å². The zero-order chi connectivity index (χ0) is 10.3. The number of aliphatic hydroxyl groups excluding tert-OH is 2. The maximum Gasteiger partial charge on any atom is 0.0861 e. The smallest absolute Gasteiger partial charge is 0.0861 e. The molecule has 0 amide bonds. The standard InChI is InChI=1S/C10H22O2S/c1-10(2,3)5-4-6-13-8-9(12)7-11/h9,11-12H,4-8H2,1-3H3. The predicted molar refractivity (Wildman–Crippen MR) is 59.1 cm³/mol. The molecule has 0 aromatic heterocycles. The normalized spacial score (nSPS) is 14.5. The maximum atomic E-state index is 9.05. The van der Waals surface area contributed by atoms with Crippen LogP contribution in [0.1, 0.15) is 33.6 Å². The largest absolute Gasteiger partial charge is 0.394 e. The monoisotopic (exact) mass is 206 g/mol. The highest BCUT2D eigenvalue weighted by atomic mass is 32.2. The average molecular weight is 206 g/mol. The first-order valence-electron chi connectivity index (χ1n) is 4.82. The predicted octanol–water partition coefficient (Wildman–Crippen LogP) is 1.90. The molecule has 0 fully saturated rings. The number of hydrogen-bond donors (Lipinski definition) is 2. The molecule has 2 N–H and O–H groups in total. The zero-order valence-electron chi connectivity index (χ0n) is 8.92. The lowest BCUT2D eigenvalue weighted by atomic mass is 9.91. The molecule has 0 spiro atoms. The van der Waals surface area contributed by atoms with E-state index >= 15 is 0 Å². The molecule has 0 aromatic carbocycles. The van der Waals surface area contributed by atoms with E-state index < -0.39 is 6.10 Å². The van der Waals surface area contributed by atoms with Crippen molar-refractivity contribution in [3.63, 3.8) is 0 Å². The van der Waals surface area contributed by atoms with Gasteiger partial charge in [0.2, 0.25) is 0 Å². The number of thioether (sulfide) groups is 1. The van der Waals surface area contributed by atoms with Crippen molar-refractivity contribution in [1.29, 1.82) is 0 Å². The Kier molecular flexibility index (Phi) is 6.82. The molecule has 0 aliphatic carbocycles. The van der Waals surface area contributed by atoms with Gasteiger partial charge in [-0.2, -0.15) is 11.8 Å². The van der Waals surface area contributed by atoms with Gasteiger partial charge in [0.15, 0.2) is 0 Å². The summed E-state index contributed by atoms with van der Waals surface area (Å²) in [4.78, 5) is 0. The molecule has 0 radical (unpaired) electrons. The quantitative estimate of drug-likeness (QED) is 0.652. The second-order valence-corrected chi connectivity index (χ2v) is 5.73. The maximum absolute atomic E-state index is 9.05. The Morgan fingerprint density at radius 3 is 2.38 bits per heavy atom. The van der Waals surface area contributed by atoms with E-state index in [4.69, 9.17) is 10.2 Å². The third-order valence-corrected chi connectivity index (χ3v) is 2.93. The van der Waals surface area contributed by atoms with Crippen LogP contribution in [0.2, 0.25) is 0 Å². The van der Waals surface area contributed by atoms with Crippen LogP contribution in [0.25, 0.3) is 0 Å². The molecule has 1 atom stereocenters. The van der Waals surface area contributed by atoms with Crippen molar-refractivity contribution in [1.82, 2.24) is 0 Å². The minimum Gasteiger partial charge on any atom is -0.394 e. The first kappa shape index (κ1) is 13.3. The summed E-state index contributed by atoms with van der Waals surface area (Å²) in [5.74, 6) is 1.73. The summed E-state index contributed by atoms with van der Waals surface area (Å²) < 4.78 is 0. The molecule has 0 aliphatic rings. The SMILES string of the molecule is CC(C)(C)CCCSCC(O)CO. The molecule has 80 valence electrons. The highest BCUT2D eigenvalue weighted by Gasteiger charge is 2.09. The molecule has 0 aromatic rings. The van der Waals surface area contributed by atoms with Gasteiger partial charge in [0.1, 0.15) is 0 Å². The van der Waals surface area contributed by atoms with E-state index in [1.54, 1.807) is 11.8 Å². The molecular formula is C10H22O2S. The minimum absolute atomic E-state index is 0.119. The summed E-state index contributed by atoms with van der Waals surface area (Å²) in [7, 11) is 0. The highest BCUT2D eigenvalue weighted by molar-refractivity contribution is 7.99. The van der Waals surface area contributed by atoms with Crippen LogP contribution in [0.4, 0.5) is 0 Å². The van der Waals surface area contributed by atoms with Gasteiger partial charge in [-0.3, -0.25) is 0 Å². The van der Waals surface area contributed by atoms with E-state index in [-0.39, 0.29) is 6.61 Å². The molecule has 0 heterocycles. The summed E-state index contributed by atoms with van der Waals surface area (Å²) in [6.45, 7) is 6.59. The topological polar surface area (TPSA) is 40.5 Å². The second kappa shape index (κ2) is 6.68. The van der Waals surface area contributed by atoms with Crippen molar-refractivity contribution < 1.29 is 10.2 Å². The summed E-state index contributed by atoms with van der Waals surface area (Å²) in [6.07, 6.45) is 1.86. The van der Waals surface area contributed by atoms with Gasteiger partial charge in [-0.25, -0.2) is 0 Å². The van der Waals surface area contributed by atoms with Gasteiger partial charge in [-0.1, -0.05) is 20.8 Å². The van der Waals surface area contributed by atoms with Crippen molar-refractivity contribution in [2.75, 3.05) is 18.1 Å². The van der Waals surface area contributed by atoms with Gasteiger partial charge in [-0.05, 0) is 24.0 Å². The number of aliphatic hydroxyl groups is 2. The van der Waals surface area contributed by atoms with E-state index in [1.807, 2.05) is 0 Å². The number of rotatable bonds is 6. The van der Waals surface area contributed by atoms with Crippen LogP contribution in [-0.2, 0) is 0 Å². The third-order valence-electron chi connectivity index (χ3n) is 1.74. The molecule has 0 aliphatic heterocycles. The van der Waals surface area contributed by atoms with Crippen molar-refractivity contribution in [3.8, 4) is 0 Å². The molecule has 2 nitrogen and oxygen atoms in total. The lowest BCUT2D eigenvalue weighted by Gasteiger charge is -2.17. The van der Waals surface area contributed by atoms with Gasteiger partial charge in [-0.15, -0.1) is 0 Å². The van der Waals surface area contributed by atoms with Crippen LogP contribution >= 0.6 is 11.8 Å². The molecule has 0 saturated heterocycles. The Bertz CT molecular complexity index is 121. The molecule has 3 heteroatoms. The molecular weight excluding hydrogens is 184 g/mol. The van der Waals surface area contributed by atoms with Gasteiger partial charge in [0.05, 0.1) is 12.7 Å². The lowest BCUT2D eigenvalue weighted by molar-refractivity contribution is 0.113. The lowest BCUT2D eigenvalue weighted by Crippen LogP contribution is -2.15. The van der Waals surface area contributed by atoms with Crippen LogP contribution < -0.4 is 0 Å². The molecule has 13 heavy (non-hydrogen) atoms. The molecule has 0 saturated carbocycles. The molecule has 1 unspecified atom stereocenters. The third kappa shape index (κ3) is 10.2. The van der Waals surface area contributed by atoms with Gasteiger partial charge in [0, 0.05) is 5.75 Å². The van der Waals surface area contributed by atoms with E-state index in [0.29, 0.717) is 11.2 Å². The van der Waals surface area contributed by atoms with Crippen molar-refractivity contribution in [2.24, 2.45) is 5.41 Å². The summed E-state index contributed by atoms with van der Waals surface area (Å²) >= 11 is 1.72. The Morgan fingerprint density at radius 2 is 1.92 bits per heavy atom. The van der Waals surface area contributed by atoms with Gasteiger partial charge >= 0.3 is 0 Å². The highest BCUT2D eigenvalue weighted by Crippen LogP contribution is 2.21. The first-order chi connectivity index (χ1) is 5.95. The van der Waals surface area contributed by atoms with Crippen molar-refractivity contribution in [3.05, 3.63) is 0 Å². The Balaban J connectivity index is 3.18. The van der Waals surface area contributed by atoms with Gasteiger partial charge in [0.25, 0.3) is 0 Å². The fraction of sp³-hybridized carbons (Fsp3) is 1.00. The van der Waals surface area contributed by atoms with E-state index in [1.165, 1.54) is 12.8 Å².